The maximum absolute atomic E-state index is 12.0. The van der Waals surface area contributed by atoms with E-state index in [1.54, 1.807) is 13.2 Å². The lowest BCUT2D eigenvalue weighted by atomic mass is 10.2. The zero-order valence-electron chi connectivity index (χ0n) is 11.4. The molecule has 2 rings (SSSR count). The van der Waals surface area contributed by atoms with Crippen molar-refractivity contribution in [3.8, 4) is 0 Å². The van der Waals surface area contributed by atoms with Crippen LogP contribution >= 0.6 is 11.8 Å². The Kier molecular flexibility index (Phi) is 4.46. The largest absolute Gasteiger partial charge is 0.460 e. The number of rotatable bonds is 4. The van der Waals surface area contributed by atoms with E-state index in [9.17, 15) is 19.7 Å². The molecular formula is C13H13NO6S. The monoisotopic (exact) mass is 311 g/mol. The highest BCUT2D eigenvalue weighted by Crippen LogP contribution is 2.29. The van der Waals surface area contributed by atoms with Gasteiger partial charge in [0.05, 0.1) is 15.4 Å². The molecule has 1 aromatic rings. The van der Waals surface area contributed by atoms with Crippen LogP contribution in [0.25, 0.3) is 0 Å². The predicted octanol–water partition coefficient (Wildman–Crippen LogP) is 2.18. The number of hydrogen-bond donors (Lipinski definition) is 0. The lowest BCUT2D eigenvalue weighted by Gasteiger charge is -2.08. The molecule has 8 heteroatoms. The number of esters is 2. The fourth-order valence-electron chi connectivity index (χ4n) is 1.97. The van der Waals surface area contributed by atoms with Gasteiger partial charge in [0.25, 0.3) is 5.69 Å². The number of ether oxygens (including phenoxy) is 2. The molecule has 7 nitrogen and oxygen atoms in total. The molecule has 2 atom stereocenters. The van der Waals surface area contributed by atoms with Gasteiger partial charge in [-0.25, -0.2) is 9.59 Å². The molecule has 0 bridgehead atoms. The Hall–Kier alpha value is -2.09. The van der Waals surface area contributed by atoms with Gasteiger partial charge >= 0.3 is 11.9 Å². The molecule has 0 aliphatic carbocycles. The zero-order valence-corrected chi connectivity index (χ0v) is 12.2. The first kappa shape index (κ1) is 15.3. The van der Waals surface area contributed by atoms with Crippen LogP contribution in [0.5, 0.6) is 0 Å². The van der Waals surface area contributed by atoms with E-state index >= 15 is 0 Å². The summed E-state index contributed by atoms with van der Waals surface area (Å²) in [5.41, 5.74) is -0.133. The molecule has 1 aliphatic heterocycles. The highest BCUT2D eigenvalue weighted by atomic mass is 32.2. The van der Waals surface area contributed by atoms with Gasteiger partial charge in [-0.15, -0.1) is 11.8 Å². The smallest absolute Gasteiger partial charge is 0.347 e. The molecule has 0 spiro atoms. The summed E-state index contributed by atoms with van der Waals surface area (Å²) in [5, 5.41) is 11.0. The molecular weight excluding hydrogens is 298 g/mol. The minimum Gasteiger partial charge on any atom is -0.460 e. The van der Waals surface area contributed by atoms with Crippen molar-refractivity contribution in [2.24, 2.45) is 0 Å². The molecule has 0 unspecified atom stereocenters. The molecule has 1 heterocycles. The Bertz CT molecular complexity index is 602. The summed E-state index contributed by atoms with van der Waals surface area (Å²) in [6, 6.07) is 4.07. The maximum atomic E-state index is 12.0. The van der Waals surface area contributed by atoms with E-state index in [1.807, 2.05) is 0 Å². The quantitative estimate of drug-likeness (QED) is 0.364. The van der Waals surface area contributed by atoms with Gasteiger partial charge in [0.15, 0.2) is 0 Å². The van der Waals surface area contributed by atoms with Crippen molar-refractivity contribution in [3.05, 3.63) is 33.9 Å². The fourth-order valence-corrected chi connectivity index (χ4v) is 2.52. The SMILES string of the molecule is CSc1ccc(C(=O)O[C@@H]2C[C@H](C)OC2=O)cc1[N+](=O)[O-]. The fraction of sp³-hybridized carbons (Fsp3) is 0.385. The number of nitro groups is 1. The first-order valence-electron chi connectivity index (χ1n) is 6.16. The van der Waals surface area contributed by atoms with Crippen LogP contribution in [0, 0.1) is 10.1 Å². The highest BCUT2D eigenvalue weighted by molar-refractivity contribution is 7.98. The van der Waals surface area contributed by atoms with Crippen molar-refractivity contribution in [1.29, 1.82) is 0 Å². The van der Waals surface area contributed by atoms with E-state index in [0.717, 1.165) is 6.07 Å². The summed E-state index contributed by atoms with van der Waals surface area (Å²) in [6.45, 7) is 1.70. The number of cyclic esters (lactones) is 1. The number of nitro benzene ring substituents is 1. The molecule has 0 saturated carbocycles. The van der Waals surface area contributed by atoms with Crippen LogP contribution in [-0.4, -0.2) is 35.3 Å². The van der Waals surface area contributed by atoms with Gasteiger partial charge in [-0.2, -0.15) is 0 Å². The van der Waals surface area contributed by atoms with Crippen LogP contribution < -0.4 is 0 Å². The van der Waals surface area contributed by atoms with E-state index in [-0.39, 0.29) is 23.8 Å². The predicted molar refractivity (Wildman–Crippen MR) is 74.3 cm³/mol. The zero-order chi connectivity index (χ0) is 15.6. The molecule has 21 heavy (non-hydrogen) atoms. The Labute approximate surface area is 124 Å². The molecule has 1 aliphatic rings. The first-order chi connectivity index (χ1) is 9.92. The van der Waals surface area contributed by atoms with Crippen molar-refractivity contribution in [2.45, 2.75) is 30.4 Å². The molecule has 112 valence electrons. The van der Waals surface area contributed by atoms with Crippen molar-refractivity contribution in [3.63, 3.8) is 0 Å². The third-order valence-electron chi connectivity index (χ3n) is 2.99. The first-order valence-corrected chi connectivity index (χ1v) is 7.38. The standard InChI is InChI=1S/C13H13NO6S/c1-7-5-10(13(16)19-7)20-12(15)8-3-4-11(21-2)9(6-8)14(17)18/h3-4,6-7,10H,5H2,1-2H3/t7-,10+/m0/s1. The van der Waals surface area contributed by atoms with Gasteiger partial charge in [0.1, 0.15) is 6.10 Å². The van der Waals surface area contributed by atoms with E-state index in [2.05, 4.69) is 0 Å². The van der Waals surface area contributed by atoms with Crippen molar-refractivity contribution in [2.75, 3.05) is 6.26 Å². The molecule has 1 fully saturated rings. The van der Waals surface area contributed by atoms with Crippen molar-refractivity contribution < 1.29 is 24.0 Å². The third-order valence-corrected chi connectivity index (χ3v) is 3.77. The maximum Gasteiger partial charge on any atom is 0.347 e. The molecule has 1 aromatic carbocycles. The van der Waals surface area contributed by atoms with Crippen LogP contribution in [0.1, 0.15) is 23.7 Å². The normalized spacial score (nSPS) is 21.0. The van der Waals surface area contributed by atoms with Gasteiger partial charge in [0, 0.05) is 12.5 Å². The Balaban J connectivity index is 2.18. The second-order valence-electron chi connectivity index (χ2n) is 4.52. The van der Waals surface area contributed by atoms with Crippen LogP contribution in [0.15, 0.2) is 23.1 Å². The molecule has 0 amide bonds. The second-order valence-corrected chi connectivity index (χ2v) is 5.37. The minimum absolute atomic E-state index is 0.0341. The van der Waals surface area contributed by atoms with Gasteiger partial charge in [-0.1, -0.05) is 0 Å². The summed E-state index contributed by atoms with van der Waals surface area (Å²) in [5.74, 6) is -1.37. The van der Waals surface area contributed by atoms with Crippen LogP contribution in [0.4, 0.5) is 5.69 Å². The summed E-state index contributed by atoms with van der Waals surface area (Å²) >= 11 is 1.21. The Morgan fingerprint density at radius 2 is 2.24 bits per heavy atom. The molecule has 0 aromatic heterocycles. The lowest BCUT2D eigenvalue weighted by molar-refractivity contribution is -0.387. The van der Waals surface area contributed by atoms with Crippen LogP contribution in [0.3, 0.4) is 0 Å². The second kappa shape index (κ2) is 6.13. The van der Waals surface area contributed by atoms with Crippen LogP contribution in [0.2, 0.25) is 0 Å². The summed E-state index contributed by atoms with van der Waals surface area (Å²) in [7, 11) is 0. The van der Waals surface area contributed by atoms with Crippen molar-refractivity contribution >= 4 is 29.4 Å². The summed E-state index contributed by atoms with van der Waals surface area (Å²) in [6.07, 6.45) is 0.738. The lowest BCUT2D eigenvalue weighted by Crippen LogP contribution is -2.22. The van der Waals surface area contributed by atoms with Crippen molar-refractivity contribution in [1.82, 2.24) is 0 Å². The summed E-state index contributed by atoms with van der Waals surface area (Å²) < 4.78 is 9.93. The van der Waals surface area contributed by atoms with Gasteiger partial charge in [-0.3, -0.25) is 10.1 Å². The van der Waals surface area contributed by atoms with Gasteiger partial charge < -0.3 is 9.47 Å². The topological polar surface area (TPSA) is 95.7 Å². The number of nitrogens with zero attached hydrogens (tertiary/aromatic N) is 1. The number of carbonyl (C=O) groups excluding carboxylic acids is 2. The molecule has 0 radical (unpaired) electrons. The Morgan fingerprint density at radius 1 is 1.52 bits per heavy atom. The average molecular weight is 311 g/mol. The molecule has 0 N–H and O–H groups in total. The number of hydrogen-bond acceptors (Lipinski definition) is 7. The van der Waals surface area contributed by atoms with E-state index in [1.165, 1.54) is 23.9 Å². The average Bonchev–Trinajstić information content (AvgIpc) is 2.75. The highest BCUT2D eigenvalue weighted by Gasteiger charge is 2.35. The van der Waals surface area contributed by atoms with E-state index < -0.39 is 23.0 Å². The van der Waals surface area contributed by atoms with E-state index in [0.29, 0.717) is 4.90 Å². The number of benzene rings is 1. The number of carbonyl (C=O) groups is 2. The van der Waals surface area contributed by atoms with E-state index in [4.69, 9.17) is 9.47 Å². The van der Waals surface area contributed by atoms with Gasteiger partial charge in [-0.05, 0) is 25.3 Å². The van der Waals surface area contributed by atoms with Crippen LogP contribution in [-0.2, 0) is 14.3 Å². The Morgan fingerprint density at radius 3 is 2.76 bits per heavy atom. The minimum atomic E-state index is -0.952. The summed E-state index contributed by atoms with van der Waals surface area (Å²) in [4.78, 5) is 34.2. The van der Waals surface area contributed by atoms with Gasteiger partial charge in [0.2, 0.25) is 6.10 Å². The molecule has 1 saturated heterocycles. The third kappa shape index (κ3) is 3.33. The number of thioether (sulfide) groups is 1.